The van der Waals surface area contributed by atoms with Gasteiger partial charge in [0.05, 0.1) is 11.1 Å². The van der Waals surface area contributed by atoms with E-state index in [9.17, 15) is 40.1 Å². The number of ketones is 2. The number of hydrogen-bond donors (Lipinski definition) is 0. The number of alkyl halides is 6. The molecule has 0 aliphatic carbocycles. The molecule has 2 rings (SSSR count). The van der Waals surface area contributed by atoms with Gasteiger partial charge in [-0.15, -0.1) is 0 Å². The summed E-state index contributed by atoms with van der Waals surface area (Å²) < 4.78 is 99.4. The van der Waals surface area contributed by atoms with Gasteiger partial charge in [-0.3, -0.25) is 18.0 Å². The molecule has 0 spiro atoms. The summed E-state index contributed by atoms with van der Waals surface area (Å²) in [5.41, 5.74) is 0.634. The fraction of sp³-hybridized carbons (Fsp3) is 0.250. The average molecular weight is 582 g/mol. The van der Waals surface area contributed by atoms with Gasteiger partial charge in [0.2, 0.25) is 0 Å². The number of Topliss-reactive ketones (excluding diaryl/α,β-unsaturated/α-hetero) is 2. The number of carbonyl (C=O) groups is 2. The molecule has 0 aliphatic rings. The predicted molar refractivity (Wildman–Crippen MR) is 116 cm³/mol. The van der Waals surface area contributed by atoms with Gasteiger partial charge in [-0.2, -0.15) is 31.1 Å². The Balaban J connectivity index is 0. The van der Waals surface area contributed by atoms with Crippen LogP contribution < -0.4 is 29.6 Å². The minimum Gasteiger partial charge on any atom is -0.766 e. The first-order valence-corrected chi connectivity index (χ1v) is 11.3. The molecule has 17 heteroatoms. The maximum absolute atomic E-state index is 11.8. The fourth-order valence-electron chi connectivity index (χ4n) is 2.00. The maximum Gasteiger partial charge on any atom is 1.00 e. The zero-order valence-corrected chi connectivity index (χ0v) is 23.0. The number of halogens is 6. The quantitative estimate of drug-likeness (QED) is 0.0957. The Labute approximate surface area is 234 Å². The number of aryl methyl sites for hydroxylation is 2. The molecule has 0 N–H and O–H groups in total. The van der Waals surface area contributed by atoms with Crippen molar-refractivity contribution in [2.75, 3.05) is 6.61 Å². The van der Waals surface area contributed by atoms with Gasteiger partial charge < -0.3 is 10.1 Å². The van der Waals surface area contributed by atoms with E-state index in [2.05, 4.69) is 8.97 Å². The summed E-state index contributed by atoms with van der Waals surface area (Å²) in [6.07, 6.45) is 0.884. The first-order chi connectivity index (χ1) is 16.5. The second-order valence-electron chi connectivity index (χ2n) is 6.39. The summed E-state index contributed by atoms with van der Waals surface area (Å²) in [6, 6.07) is 13.4. The Morgan fingerprint density at radius 2 is 1.38 bits per heavy atom. The van der Waals surface area contributed by atoms with Crippen LogP contribution in [0.5, 0.6) is 0 Å². The van der Waals surface area contributed by atoms with Crippen LogP contribution in [0.3, 0.4) is 0 Å². The van der Waals surface area contributed by atoms with Crippen LogP contribution in [0.2, 0.25) is 0 Å². The monoisotopic (exact) mass is 582 g/mol. The molecule has 0 radical (unpaired) electrons. The Hall–Kier alpha value is -2.04. The third-order valence-corrected chi connectivity index (χ3v) is 4.58. The Morgan fingerprint density at radius 1 is 0.946 bits per heavy atom. The molecule has 0 aromatic heterocycles. The second kappa shape index (κ2) is 17.5. The number of benzene rings is 2. The van der Waals surface area contributed by atoms with Crippen LogP contribution in [0.1, 0.15) is 31.8 Å². The van der Waals surface area contributed by atoms with Crippen LogP contribution in [0.15, 0.2) is 48.5 Å². The van der Waals surface area contributed by atoms with Gasteiger partial charge in [-0.05, 0) is 26.0 Å². The van der Waals surface area contributed by atoms with E-state index in [0.717, 1.165) is 17.3 Å². The first-order valence-electron chi connectivity index (χ1n) is 9.15. The summed E-state index contributed by atoms with van der Waals surface area (Å²) in [5.74, 6) is -0.938. The minimum atomic E-state index is -5.08. The van der Waals surface area contributed by atoms with Crippen molar-refractivity contribution >= 4 is 39.9 Å². The van der Waals surface area contributed by atoms with Crippen LogP contribution in [0, 0.1) is 13.8 Å². The van der Waals surface area contributed by atoms with Gasteiger partial charge in [0.1, 0.15) is 6.61 Å². The first kappa shape index (κ1) is 37.1. The van der Waals surface area contributed by atoms with E-state index in [1.54, 1.807) is 37.3 Å². The molecule has 0 bridgehead atoms. The maximum atomic E-state index is 11.8. The normalized spacial score (nSPS) is 12.1. The summed E-state index contributed by atoms with van der Waals surface area (Å²) in [6.45, 7) is 2.77. The van der Waals surface area contributed by atoms with Crippen molar-refractivity contribution < 1.29 is 87.4 Å². The van der Waals surface area contributed by atoms with Crippen molar-refractivity contribution in [3.8, 4) is 0 Å². The fourth-order valence-corrected chi connectivity index (χ4v) is 2.35. The van der Waals surface area contributed by atoms with E-state index in [-0.39, 0.29) is 40.9 Å². The van der Waals surface area contributed by atoms with Gasteiger partial charge in [0.25, 0.3) is 16.9 Å². The topological polar surface area (TPSA) is 137 Å². The van der Waals surface area contributed by atoms with Crippen LogP contribution in [0.25, 0.3) is 5.53 Å². The molecular weight excluding hydrogens is 565 g/mol. The van der Waals surface area contributed by atoms with Crippen molar-refractivity contribution in [1.82, 2.24) is 0 Å². The number of hydrogen-bond acceptors (Lipinski definition) is 6. The number of nitrogens with zero attached hydrogens (tertiary/aromatic N) is 2. The largest absolute Gasteiger partial charge is 1.00 e. The summed E-state index contributed by atoms with van der Waals surface area (Å²) >= 11 is -7.39. The van der Waals surface area contributed by atoms with E-state index in [1.165, 1.54) is 12.1 Å². The molecule has 0 fully saturated rings. The van der Waals surface area contributed by atoms with Crippen molar-refractivity contribution in [2.45, 2.75) is 24.9 Å². The van der Waals surface area contributed by atoms with Crippen molar-refractivity contribution in [3.05, 3.63) is 76.3 Å². The van der Waals surface area contributed by atoms with Crippen LogP contribution in [-0.2, 0) is 26.3 Å². The third kappa shape index (κ3) is 16.4. The molecule has 2 unspecified atom stereocenters. The molecule has 2 atom stereocenters. The smallest absolute Gasteiger partial charge is 0.766 e. The molecule has 8 nitrogen and oxygen atoms in total. The molecule has 0 saturated carbocycles. The van der Waals surface area contributed by atoms with Gasteiger partial charge >= 0.3 is 46.8 Å². The number of carbonyl (C=O) groups excluding carboxylic acids is 2. The standard InChI is InChI=1S/C10H9F3O3S.C9H8N2O.CHF3O2S.Na/c1-7-3-2-4-8(5-7)9(14)6-16-17(15)10(11,12)13;1-7-3-2-4-8(5-7)9(12)6-11-10;2-1(3,4)7(5)6;/h2-5H,6H2,1H3;2-6H,1H3;(H,5,6);/q;;;+1/p-1. The molecule has 0 saturated heterocycles. The van der Waals surface area contributed by atoms with E-state index in [4.69, 9.17) is 14.3 Å². The van der Waals surface area contributed by atoms with E-state index >= 15 is 0 Å². The molecule has 2 aromatic carbocycles. The van der Waals surface area contributed by atoms with Crippen LogP contribution in [0.4, 0.5) is 26.3 Å². The van der Waals surface area contributed by atoms with E-state index < -0.39 is 45.6 Å². The molecule has 0 heterocycles. The van der Waals surface area contributed by atoms with Gasteiger partial charge in [0, 0.05) is 11.1 Å². The van der Waals surface area contributed by atoms with E-state index in [0.29, 0.717) is 5.56 Å². The van der Waals surface area contributed by atoms with Crippen LogP contribution in [-0.4, -0.2) is 53.2 Å². The van der Waals surface area contributed by atoms with Crippen molar-refractivity contribution in [1.29, 1.82) is 0 Å². The SMILES string of the molecule is Cc1cccc(C(=O)C=[N+]=[N-])c1.Cc1cccc(C(=O)COS(=O)C(F)(F)F)c1.O=S([O-])C(F)(F)F.[Na+]. The van der Waals surface area contributed by atoms with Crippen molar-refractivity contribution in [2.24, 2.45) is 0 Å². The van der Waals surface area contributed by atoms with Gasteiger partial charge in [-0.1, -0.05) is 47.5 Å². The third-order valence-electron chi connectivity index (χ3n) is 3.49. The number of rotatable bonds is 6. The average Bonchev–Trinajstić information content (AvgIpc) is 2.77. The molecule has 0 aliphatic heterocycles. The summed E-state index contributed by atoms with van der Waals surface area (Å²) in [7, 11) is 0. The zero-order chi connectivity index (χ0) is 28.1. The molecule has 37 heavy (non-hydrogen) atoms. The Morgan fingerprint density at radius 3 is 1.76 bits per heavy atom. The van der Waals surface area contributed by atoms with Gasteiger partial charge in [-0.25, -0.2) is 4.21 Å². The van der Waals surface area contributed by atoms with Crippen molar-refractivity contribution in [3.63, 3.8) is 0 Å². The summed E-state index contributed by atoms with van der Waals surface area (Å²) in [5, 5.41) is 0. The van der Waals surface area contributed by atoms with E-state index in [1.807, 2.05) is 13.0 Å². The molecule has 2 aromatic rings. The molecular formula is C20H17F6N2NaO6S2. The predicted octanol–water partition coefficient (Wildman–Crippen LogP) is 1.25. The van der Waals surface area contributed by atoms with Gasteiger partial charge in [0.15, 0.2) is 5.78 Å². The minimum absolute atomic E-state index is 0. The second-order valence-corrected chi connectivity index (χ2v) is 8.49. The van der Waals surface area contributed by atoms with Crippen LogP contribution >= 0.6 is 0 Å². The molecule has 198 valence electrons. The summed E-state index contributed by atoms with van der Waals surface area (Å²) in [4.78, 5) is 25.2. The Kier molecular flexibility index (Phi) is 17.5. The Bertz CT molecular complexity index is 1150. The molecule has 0 amide bonds. The zero-order valence-electron chi connectivity index (χ0n) is 19.3.